The van der Waals surface area contributed by atoms with Crippen LogP contribution in [-0.2, 0) is 0 Å². The van der Waals surface area contributed by atoms with E-state index in [-0.39, 0.29) is 12.5 Å². The van der Waals surface area contributed by atoms with Gasteiger partial charge in [-0.25, -0.2) is 0 Å². The Balaban J connectivity index is 1.99. The molecule has 4 nitrogen and oxygen atoms in total. The minimum Gasteiger partial charge on any atom is -0.444 e. The van der Waals surface area contributed by atoms with E-state index in [9.17, 15) is 4.79 Å². The van der Waals surface area contributed by atoms with E-state index in [1.807, 2.05) is 4.90 Å². The van der Waals surface area contributed by atoms with Crippen molar-refractivity contribution in [2.75, 3.05) is 19.7 Å². The van der Waals surface area contributed by atoms with Crippen LogP contribution in [-0.4, -0.2) is 35.6 Å². The van der Waals surface area contributed by atoms with Crippen LogP contribution < -0.4 is 0 Å². The third kappa shape index (κ3) is 3.10. The fourth-order valence-corrected chi connectivity index (χ4v) is 2.56. The summed E-state index contributed by atoms with van der Waals surface area (Å²) in [6, 6.07) is 3.41. The molecule has 2 rings (SSSR count). The van der Waals surface area contributed by atoms with Crippen LogP contribution in [0, 0.1) is 5.92 Å². The smallest absolute Gasteiger partial charge is 0.289 e. The fourth-order valence-electron chi connectivity index (χ4n) is 2.25. The molecule has 1 aliphatic heterocycles. The van der Waals surface area contributed by atoms with E-state index in [0.29, 0.717) is 16.3 Å². The van der Waals surface area contributed by atoms with Gasteiger partial charge >= 0.3 is 0 Å². The summed E-state index contributed by atoms with van der Waals surface area (Å²) >= 11 is 3.19. The zero-order valence-electron chi connectivity index (χ0n) is 9.56. The lowest BCUT2D eigenvalue weighted by Gasteiger charge is -2.31. The first-order chi connectivity index (χ1) is 8.20. The second kappa shape index (κ2) is 5.69. The summed E-state index contributed by atoms with van der Waals surface area (Å²) in [4.78, 5) is 13.9. The van der Waals surface area contributed by atoms with Crippen molar-refractivity contribution in [3.8, 4) is 0 Å². The van der Waals surface area contributed by atoms with E-state index >= 15 is 0 Å². The number of nitrogens with zero attached hydrogens (tertiary/aromatic N) is 1. The summed E-state index contributed by atoms with van der Waals surface area (Å²) in [5.74, 6) is 0.732. The summed E-state index contributed by atoms with van der Waals surface area (Å²) < 4.78 is 5.84. The van der Waals surface area contributed by atoms with E-state index in [0.717, 1.165) is 32.4 Å². The third-order valence-corrected chi connectivity index (χ3v) is 3.55. The molecule has 1 fully saturated rings. The van der Waals surface area contributed by atoms with Gasteiger partial charge < -0.3 is 14.4 Å². The van der Waals surface area contributed by atoms with Crippen molar-refractivity contribution in [2.24, 2.45) is 5.92 Å². The van der Waals surface area contributed by atoms with Crippen LogP contribution in [0.5, 0.6) is 0 Å². The molecule has 0 bridgehead atoms. The zero-order valence-corrected chi connectivity index (χ0v) is 11.1. The van der Waals surface area contributed by atoms with Crippen LogP contribution in [0.3, 0.4) is 0 Å². The highest BCUT2D eigenvalue weighted by molar-refractivity contribution is 9.10. The van der Waals surface area contributed by atoms with Crippen LogP contribution in [0.4, 0.5) is 0 Å². The quantitative estimate of drug-likeness (QED) is 0.932. The number of piperidine rings is 1. The van der Waals surface area contributed by atoms with Crippen molar-refractivity contribution in [3.05, 3.63) is 22.6 Å². The van der Waals surface area contributed by atoms with Crippen LogP contribution in [0.25, 0.3) is 0 Å². The molecule has 0 saturated carbocycles. The van der Waals surface area contributed by atoms with Crippen molar-refractivity contribution >= 4 is 21.8 Å². The van der Waals surface area contributed by atoms with Gasteiger partial charge in [0, 0.05) is 19.7 Å². The minimum atomic E-state index is -0.0571. The molecule has 1 saturated heterocycles. The lowest BCUT2D eigenvalue weighted by molar-refractivity contribution is 0.0621. The molecule has 0 spiro atoms. The largest absolute Gasteiger partial charge is 0.444 e. The molecule has 5 heteroatoms. The summed E-state index contributed by atoms with van der Waals surface area (Å²) in [6.45, 7) is 1.69. The number of aliphatic hydroxyl groups excluding tert-OH is 1. The van der Waals surface area contributed by atoms with E-state index in [1.54, 1.807) is 12.1 Å². The number of carbonyl (C=O) groups is 1. The molecule has 2 heterocycles. The Kier molecular flexibility index (Phi) is 4.23. The summed E-state index contributed by atoms with van der Waals surface area (Å²) in [5.41, 5.74) is 0. The number of hydrogen-bond acceptors (Lipinski definition) is 3. The first kappa shape index (κ1) is 12.6. The number of likely N-dealkylation sites (tertiary alicyclic amines) is 1. The number of carbonyl (C=O) groups excluding carboxylic acids is 1. The molecule has 1 aliphatic rings. The molecule has 0 aliphatic carbocycles. The first-order valence-electron chi connectivity index (χ1n) is 5.86. The average Bonchev–Trinajstić information content (AvgIpc) is 2.76. The Morgan fingerprint density at radius 2 is 2.41 bits per heavy atom. The van der Waals surface area contributed by atoms with Crippen LogP contribution in [0.15, 0.2) is 21.2 Å². The molecular weight excluding hydrogens is 286 g/mol. The number of rotatable bonds is 3. The number of aliphatic hydroxyl groups is 1. The second-order valence-corrected chi connectivity index (χ2v) is 5.16. The normalized spacial score (nSPS) is 20.6. The van der Waals surface area contributed by atoms with Gasteiger partial charge in [0.2, 0.25) is 0 Å². The van der Waals surface area contributed by atoms with Crippen molar-refractivity contribution in [2.45, 2.75) is 19.3 Å². The van der Waals surface area contributed by atoms with Gasteiger partial charge in [-0.05, 0) is 53.2 Å². The highest BCUT2D eigenvalue weighted by Gasteiger charge is 2.25. The predicted molar refractivity (Wildman–Crippen MR) is 66.7 cm³/mol. The highest BCUT2D eigenvalue weighted by atomic mass is 79.9. The molecule has 1 atom stereocenters. The van der Waals surface area contributed by atoms with E-state index < -0.39 is 0 Å². The van der Waals surface area contributed by atoms with Crippen molar-refractivity contribution in [3.63, 3.8) is 0 Å². The maximum atomic E-state index is 12.1. The number of halogens is 1. The molecule has 1 unspecified atom stereocenters. The average molecular weight is 302 g/mol. The van der Waals surface area contributed by atoms with Crippen LogP contribution in [0.2, 0.25) is 0 Å². The van der Waals surface area contributed by atoms with Crippen LogP contribution in [0.1, 0.15) is 29.8 Å². The molecule has 1 aromatic rings. The maximum absolute atomic E-state index is 12.1. The Hall–Kier alpha value is -0.810. The lowest BCUT2D eigenvalue weighted by Crippen LogP contribution is -2.40. The van der Waals surface area contributed by atoms with E-state index in [1.165, 1.54) is 0 Å². The fraction of sp³-hybridized carbons (Fsp3) is 0.583. The van der Waals surface area contributed by atoms with Gasteiger partial charge in [0.25, 0.3) is 5.91 Å². The Morgan fingerprint density at radius 1 is 1.59 bits per heavy atom. The van der Waals surface area contributed by atoms with Gasteiger partial charge in [0.15, 0.2) is 10.4 Å². The molecule has 1 aromatic heterocycles. The lowest BCUT2D eigenvalue weighted by atomic mass is 9.95. The summed E-state index contributed by atoms with van der Waals surface area (Å²) in [6.07, 6.45) is 2.86. The van der Waals surface area contributed by atoms with Crippen LogP contribution >= 0.6 is 15.9 Å². The summed E-state index contributed by atoms with van der Waals surface area (Å²) in [5, 5.41) is 8.94. The van der Waals surface area contributed by atoms with Gasteiger partial charge in [-0.1, -0.05) is 0 Å². The molecular formula is C12H16BrNO3. The number of hydrogen-bond donors (Lipinski definition) is 1. The third-order valence-electron chi connectivity index (χ3n) is 3.13. The zero-order chi connectivity index (χ0) is 12.3. The standard InChI is InChI=1S/C12H16BrNO3/c13-11-4-3-10(17-11)12(16)14-6-1-2-9(8-14)5-7-15/h3-4,9,15H,1-2,5-8H2. The topological polar surface area (TPSA) is 53.7 Å². The van der Waals surface area contributed by atoms with Gasteiger partial charge in [-0.3, -0.25) is 4.79 Å². The highest BCUT2D eigenvalue weighted by Crippen LogP contribution is 2.22. The predicted octanol–water partition coefficient (Wildman–Crippen LogP) is 2.28. The Bertz CT molecular complexity index is 389. The SMILES string of the molecule is O=C(c1ccc(Br)o1)N1CCCC(CCO)C1. The molecule has 94 valence electrons. The molecule has 1 amide bonds. The van der Waals surface area contributed by atoms with Crippen molar-refractivity contribution < 1.29 is 14.3 Å². The number of amides is 1. The van der Waals surface area contributed by atoms with Gasteiger partial charge in [-0.2, -0.15) is 0 Å². The van der Waals surface area contributed by atoms with E-state index in [2.05, 4.69) is 15.9 Å². The second-order valence-electron chi connectivity index (χ2n) is 4.38. The van der Waals surface area contributed by atoms with E-state index in [4.69, 9.17) is 9.52 Å². The minimum absolute atomic E-state index is 0.0571. The molecule has 0 aromatic carbocycles. The van der Waals surface area contributed by atoms with Gasteiger partial charge in [0.1, 0.15) is 0 Å². The first-order valence-corrected chi connectivity index (χ1v) is 6.65. The molecule has 17 heavy (non-hydrogen) atoms. The Labute approximate surface area is 109 Å². The molecule has 0 radical (unpaired) electrons. The van der Waals surface area contributed by atoms with Crippen molar-refractivity contribution in [1.29, 1.82) is 0 Å². The maximum Gasteiger partial charge on any atom is 0.289 e. The molecule has 1 N–H and O–H groups in total. The number of furan rings is 1. The monoisotopic (exact) mass is 301 g/mol. The van der Waals surface area contributed by atoms with Crippen molar-refractivity contribution in [1.82, 2.24) is 4.90 Å². The van der Waals surface area contributed by atoms with Gasteiger partial charge in [0.05, 0.1) is 0 Å². The summed E-state index contributed by atoms with van der Waals surface area (Å²) in [7, 11) is 0. The Morgan fingerprint density at radius 3 is 3.06 bits per heavy atom. The van der Waals surface area contributed by atoms with Gasteiger partial charge in [-0.15, -0.1) is 0 Å².